The van der Waals surface area contributed by atoms with Crippen molar-refractivity contribution in [2.75, 3.05) is 0 Å². The summed E-state index contributed by atoms with van der Waals surface area (Å²) in [7, 11) is 0. The van der Waals surface area contributed by atoms with Crippen molar-refractivity contribution in [2.45, 2.75) is 0 Å². The molecule has 0 amide bonds. The van der Waals surface area contributed by atoms with Crippen molar-refractivity contribution < 1.29 is 4.42 Å². The van der Waals surface area contributed by atoms with Crippen LogP contribution in [0.4, 0.5) is 0 Å². The summed E-state index contributed by atoms with van der Waals surface area (Å²) in [5.74, 6) is 0. The Morgan fingerprint density at radius 1 is 0.172 bits per heavy atom. The number of benzene rings is 20. The molecule has 0 N–H and O–H groups in total. The number of para-hydroxylation sites is 6. The van der Waals surface area contributed by atoms with E-state index in [2.05, 4.69) is 449 Å². The predicted octanol–water partition coefficient (Wildman–Crippen LogP) is 32.3. The highest BCUT2D eigenvalue weighted by molar-refractivity contribution is 7.26. The first-order valence-corrected chi connectivity index (χ1v) is 42.6. The van der Waals surface area contributed by atoms with E-state index < -0.39 is 0 Å². The minimum atomic E-state index is 0.908. The number of rotatable bonds is 10. The number of thiophene rings is 1. The Labute approximate surface area is 706 Å². The fourth-order valence-electron chi connectivity index (χ4n) is 19.6. The Kier molecular flexibility index (Phi) is 15.8. The summed E-state index contributed by atoms with van der Waals surface area (Å²) < 4.78 is 18.8. The molecule has 0 atom stereocenters. The first kappa shape index (κ1) is 69.3. The lowest BCUT2D eigenvalue weighted by Gasteiger charge is -2.10. The molecule has 0 saturated heterocycles. The van der Waals surface area contributed by atoms with Crippen LogP contribution < -0.4 is 0 Å². The molecule has 0 unspecified atom stereocenters. The SMILES string of the molecule is c1ccc(-n2c3ccccc3c3cc(-c4ccc(-c5ccc6c(c5)c5cc(-c7cccc8c7oc7ccccc78)ccc5n6-c5ccc6ccccc6c5)cc4)ccc32)cc1.c1ccc(-n2c3ccccc3c3cc(-c4ccc(-c5ccc6c(c5)c5cc(-c7cccc8c7sc7ccccc78)ccc5n6-c5ccc6ccccc6c5)cc4)ccc32)cc1. The van der Waals surface area contributed by atoms with Crippen molar-refractivity contribution in [1.29, 1.82) is 0 Å². The standard InChI is InChI=1S/C58H36N2O.C58H36N2S/c2*1-2-13-44(14-3-1)59-53-19-8-6-15-47(53)50-34-41(26-30-54(50)59)38-21-23-39(24-22-38)42-27-31-55-51(35-42)52-36-43(46-17-10-18-49-48-16-7-9-20-57(48)61-58(46)49)28-32-56(52)60(55)45-29-25-37-11-4-5-12-40(37)33-45/h2*1-36H. The van der Waals surface area contributed by atoms with E-state index in [1.807, 2.05) is 17.4 Å². The molecule has 0 spiro atoms. The second-order valence-corrected chi connectivity index (χ2v) is 33.3. The summed E-state index contributed by atoms with van der Waals surface area (Å²) >= 11 is 1.89. The quantitative estimate of drug-likeness (QED) is 0.134. The number of hydrogen-bond donors (Lipinski definition) is 0. The van der Waals surface area contributed by atoms with E-state index in [1.54, 1.807) is 0 Å². The van der Waals surface area contributed by atoms with Gasteiger partial charge in [-0.2, -0.15) is 0 Å². The molecule has 0 aliphatic heterocycles. The van der Waals surface area contributed by atoms with Crippen molar-refractivity contribution in [2.24, 2.45) is 0 Å². The van der Waals surface area contributed by atoms with Gasteiger partial charge < -0.3 is 22.7 Å². The van der Waals surface area contributed by atoms with Crippen LogP contribution in [0, 0.1) is 0 Å². The summed E-state index contributed by atoms with van der Waals surface area (Å²) in [6.07, 6.45) is 0. The van der Waals surface area contributed by atoms with E-state index in [0.29, 0.717) is 0 Å². The van der Waals surface area contributed by atoms with Gasteiger partial charge >= 0.3 is 0 Å². The van der Waals surface area contributed by atoms with Crippen LogP contribution in [-0.4, -0.2) is 18.3 Å². The van der Waals surface area contributed by atoms with Gasteiger partial charge in [-0.1, -0.05) is 291 Å². The van der Waals surface area contributed by atoms with E-state index in [4.69, 9.17) is 4.42 Å². The molecule has 568 valence electrons. The Morgan fingerprint density at radius 3 is 0.959 bits per heavy atom. The predicted molar refractivity (Wildman–Crippen MR) is 518 cm³/mol. The number of fused-ring (bicyclic) bond motifs is 20. The summed E-state index contributed by atoms with van der Waals surface area (Å²) in [5, 5.41) is 19.8. The maximum atomic E-state index is 6.52. The van der Waals surface area contributed by atoms with E-state index >= 15 is 0 Å². The lowest BCUT2D eigenvalue weighted by molar-refractivity contribution is 0.670. The number of aromatic nitrogens is 4. The molecule has 6 heterocycles. The zero-order valence-corrected chi connectivity index (χ0v) is 67.0. The van der Waals surface area contributed by atoms with Crippen LogP contribution in [0.3, 0.4) is 0 Å². The van der Waals surface area contributed by atoms with Gasteiger partial charge in [0, 0.05) is 102 Å². The Bertz CT molecular complexity index is 8240. The van der Waals surface area contributed by atoms with Crippen LogP contribution in [0.2, 0.25) is 0 Å². The highest BCUT2D eigenvalue weighted by Gasteiger charge is 2.23. The maximum Gasteiger partial charge on any atom is 0.143 e. The van der Waals surface area contributed by atoms with E-state index in [9.17, 15) is 0 Å². The molecule has 0 fully saturated rings. The molecule has 20 aromatic carbocycles. The fourth-order valence-corrected chi connectivity index (χ4v) is 20.8. The Balaban J connectivity index is 0.000000134. The normalized spacial score (nSPS) is 11.9. The molecule has 0 saturated carbocycles. The Hall–Kier alpha value is -15.9. The van der Waals surface area contributed by atoms with Crippen LogP contribution in [0.1, 0.15) is 0 Å². The lowest BCUT2D eigenvalue weighted by Crippen LogP contribution is -1.94. The van der Waals surface area contributed by atoms with Gasteiger partial charge in [-0.3, -0.25) is 0 Å². The highest BCUT2D eigenvalue weighted by atomic mass is 32.1. The van der Waals surface area contributed by atoms with Gasteiger partial charge in [0.05, 0.1) is 44.1 Å². The lowest BCUT2D eigenvalue weighted by atomic mass is 9.97. The molecule has 6 heteroatoms. The van der Waals surface area contributed by atoms with Gasteiger partial charge in [0.1, 0.15) is 11.2 Å². The number of hydrogen-bond acceptors (Lipinski definition) is 2. The molecule has 122 heavy (non-hydrogen) atoms. The van der Waals surface area contributed by atoms with Gasteiger partial charge in [-0.05, 0) is 228 Å². The van der Waals surface area contributed by atoms with Gasteiger partial charge in [-0.25, -0.2) is 0 Å². The van der Waals surface area contributed by atoms with Gasteiger partial charge in [0.15, 0.2) is 0 Å². The number of furan rings is 1. The van der Waals surface area contributed by atoms with Crippen LogP contribution in [-0.2, 0) is 0 Å². The molecule has 0 radical (unpaired) electrons. The Morgan fingerprint density at radius 2 is 0.492 bits per heavy atom. The second kappa shape index (κ2) is 27.9. The zero-order chi connectivity index (χ0) is 80.0. The van der Waals surface area contributed by atoms with Crippen molar-refractivity contribution in [3.63, 3.8) is 0 Å². The first-order valence-electron chi connectivity index (χ1n) is 41.8. The summed E-state index contributed by atoms with van der Waals surface area (Å²) in [4.78, 5) is 0. The van der Waals surface area contributed by atoms with E-state index in [-0.39, 0.29) is 0 Å². The van der Waals surface area contributed by atoms with Gasteiger partial charge in [0.2, 0.25) is 0 Å². The van der Waals surface area contributed by atoms with Crippen molar-refractivity contribution in [1.82, 2.24) is 18.3 Å². The molecule has 0 aliphatic carbocycles. The minimum Gasteiger partial charge on any atom is -0.455 e. The molecular formula is C116H72N4OS. The average Bonchev–Trinajstić information content (AvgIpc) is 1.53. The van der Waals surface area contributed by atoms with E-state index in [0.717, 1.165) is 38.8 Å². The van der Waals surface area contributed by atoms with Gasteiger partial charge in [0.25, 0.3) is 0 Å². The third kappa shape index (κ3) is 11.2. The van der Waals surface area contributed by atoms with Gasteiger partial charge in [-0.15, -0.1) is 11.3 Å². The van der Waals surface area contributed by atoms with Crippen molar-refractivity contribution >= 4 is 162 Å². The smallest absolute Gasteiger partial charge is 0.143 e. The van der Waals surface area contributed by atoms with Crippen molar-refractivity contribution in [3.8, 4) is 89.5 Å². The van der Waals surface area contributed by atoms with Crippen LogP contribution in [0.25, 0.3) is 240 Å². The summed E-state index contributed by atoms with van der Waals surface area (Å²) in [5.41, 5.74) is 30.4. The average molecular weight is 1570 g/mol. The first-order chi connectivity index (χ1) is 60.5. The number of nitrogens with zero attached hydrogens (tertiary/aromatic N) is 4. The molecule has 0 bridgehead atoms. The third-order valence-corrected chi connectivity index (χ3v) is 26.6. The molecule has 5 nitrogen and oxygen atoms in total. The maximum absolute atomic E-state index is 6.52. The second-order valence-electron chi connectivity index (χ2n) is 32.2. The fraction of sp³-hybridized carbons (Fsp3) is 0. The molecular weight excluding hydrogens is 1500 g/mol. The zero-order valence-electron chi connectivity index (χ0n) is 66.2. The highest BCUT2D eigenvalue weighted by Crippen LogP contribution is 2.47. The monoisotopic (exact) mass is 1570 g/mol. The molecule has 26 aromatic rings. The third-order valence-electron chi connectivity index (χ3n) is 25.4. The minimum absolute atomic E-state index is 0.908. The summed E-state index contributed by atoms with van der Waals surface area (Å²) in [6, 6.07) is 160. The van der Waals surface area contributed by atoms with Crippen LogP contribution in [0.5, 0.6) is 0 Å². The van der Waals surface area contributed by atoms with Crippen LogP contribution in [0.15, 0.2) is 441 Å². The molecule has 6 aromatic heterocycles. The van der Waals surface area contributed by atoms with Crippen LogP contribution >= 0.6 is 11.3 Å². The van der Waals surface area contributed by atoms with E-state index in [1.165, 1.54) is 202 Å². The largest absolute Gasteiger partial charge is 0.455 e. The summed E-state index contributed by atoms with van der Waals surface area (Å²) in [6.45, 7) is 0. The van der Waals surface area contributed by atoms with Crippen molar-refractivity contribution in [3.05, 3.63) is 437 Å². The molecule has 0 aliphatic rings. The molecule has 26 rings (SSSR count). The topological polar surface area (TPSA) is 32.9 Å².